The van der Waals surface area contributed by atoms with Crippen LogP contribution in [-0.4, -0.2) is 19.1 Å². The van der Waals surface area contributed by atoms with Crippen LogP contribution in [0.15, 0.2) is 36.8 Å². The summed E-state index contributed by atoms with van der Waals surface area (Å²) in [5.41, 5.74) is 6.68. The van der Waals surface area contributed by atoms with E-state index in [4.69, 9.17) is 0 Å². The van der Waals surface area contributed by atoms with E-state index in [1.165, 1.54) is 0 Å². The molecule has 0 saturated carbocycles. The van der Waals surface area contributed by atoms with E-state index in [0.717, 1.165) is 0 Å². The summed E-state index contributed by atoms with van der Waals surface area (Å²) in [7, 11) is 6.62. The van der Waals surface area contributed by atoms with Gasteiger partial charge in [-0.3, -0.25) is 0 Å². The minimum Gasteiger partial charge on any atom is -0.176 e. The standard InChI is InChI=1S/C9H18S3Si3/c1-7-13(4)10-14(5,8-2)12-15(6,9-3)11-13/h7-9H,1-3H2,4-6H3. The number of hydrogen-bond donors (Lipinski definition) is 0. The molecule has 0 atom stereocenters. The van der Waals surface area contributed by atoms with Gasteiger partial charge in [-0.25, -0.2) is 0 Å². The molecule has 0 aromatic carbocycles. The third-order valence-corrected chi connectivity index (χ3v) is 52.7. The molecule has 1 aliphatic heterocycles. The Morgan fingerprint density at radius 2 is 0.867 bits per heavy atom. The zero-order valence-electron chi connectivity index (χ0n) is 9.58. The van der Waals surface area contributed by atoms with Gasteiger partial charge >= 0.3 is 0 Å². The highest BCUT2D eigenvalue weighted by Crippen LogP contribution is 2.58. The Bertz CT molecular complexity index is 249. The van der Waals surface area contributed by atoms with E-state index in [-0.39, 0.29) is 0 Å². The van der Waals surface area contributed by atoms with Gasteiger partial charge in [-0.15, -0.1) is 19.7 Å². The Balaban J connectivity index is 3.07. The highest BCUT2D eigenvalue weighted by Gasteiger charge is 2.50. The van der Waals surface area contributed by atoms with E-state index in [9.17, 15) is 0 Å². The predicted molar refractivity (Wildman–Crippen MR) is 88.2 cm³/mol. The van der Waals surface area contributed by atoms with Crippen molar-refractivity contribution in [3.8, 4) is 0 Å². The monoisotopic (exact) mass is 306 g/mol. The Kier molecular flexibility index (Phi) is 4.34. The van der Waals surface area contributed by atoms with E-state index in [1.807, 2.05) is 0 Å². The summed E-state index contributed by atoms with van der Waals surface area (Å²) in [5.74, 6) is 0. The summed E-state index contributed by atoms with van der Waals surface area (Å²) >= 11 is 0. The van der Waals surface area contributed by atoms with Crippen LogP contribution in [0.5, 0.6) is 0 Å². The average Bonchev–Trinajstić information content (AvgIpc) is 2.16. The fourth-order valence-electron chi connectivity index (χ4n) is 1.52. The van der Waals surface area contributed by atoms with E-state index in [0.29, 0.717) is 0 Å². The van der Waals surface area contributed by atoms with Gasteiger partial charge < -0.3 is 0 Å². The first-order valence-electron chi connectivity index (χ1n) is 4.82. The molecule has 0 amide bonds. The van der Waals surface area contributed by atoms with Crippen LogP contribution in [0.3, 0.4) is 0 Å². The Hall–Kier alpha value is 0.921. The second-order valence-electron chi connectivity index (χ2n) is 3.97. The molecule has 0 spiro atoms. The second kappa shape index (κ2) is 4.66. The maximum Gasteiger partial charge on any atom is 0.187 e. The third kappa shape index (κ3) is 3.20. The van der Waals surface area contributed by atoms with E-state index in [1.54, 1.807) is 0 Å². The normalized spacial score (nSPS) is 45.8. The molecule has 0 aromatic rings. The van der Waals surface area contributed by atoms with Gasteiger partial charge in [0.2, 0.25) is 0 Å². The van der Waals surface area contributed by atoms with E-state index in [2.05, 4.69) is 88.5 Å². The summed E-state index contributed by atoms with van der Waals surface area (Å²) < 4.78 is 0. The molecule has 84 valence electrons. The van der Waals surface area contributed by atoms with E-state index >= 15 is 0 Å². The Labute approximate surface area is 107 Å². The summed E-state index contributed by atoms with van der Waals surface area (Å²) in [6.45, 7) is 19.4. The molecule has 0 aromatic heterocycles. The lowest BCUT2D eigenvalue weighted by Gasteiger charge is -2.45. The molecule has 1 fully saturated rings. The minimum atomic E-state index is -1.37. The quantitative estimate of drug-likeness (QED) is 0.700. The molecule has 0 unspecified atom stereocenters. The van der Waals surface area contributed by atoms with Gasteiger partial charge in [-0.05, 0) is 19.6 Å². The van der Waals surface area contributed by atoms with Crippen molar-refractivity contribution in [3.05, 3.63) is 36.8 Å². The molecule has 0 aliphatic carbocycles. The molecule has 0 N–H and O–H groups in total. The maximum absolute atomic E-state index is 4.04. The lowest BCUT2D eigenvalue weighted by molar-refractivity contribution is 2.16. The summed E-state index contributed by atoms with van der Waals surface area (Å²) in [6, 6.07) is 0. The molecule has 0 bridgehead atoms. The fourth-order valence-corrected chi connectivity index (χ4v) is 86.8. The molecule has 1 saturated heterocycles. The minimum absolute atomic E-state index is 1.37. The van der Waals surface area contributed by atoms with Crippen molar-refractivity contribution in [1.82, 2.24) is 0 Å². The van der Waals surface area contributed by atoms with Crippen LogP contribution in [0.25, 0.3) is 0 Å². The smallest absolute Gasteiger partial charge is 0.176 e. The zero-order chi connectivity index (χ0) is 11.7. The molecular formula is C9H18S3Si3. The van der Waals surface area contributed by atoms with Crippen LogP contribution < -0.4 is 0 Å². The molecule has 0 radical (unpaired) electrons. The van der Waals surface area contributed by atoms with Gasteiger partial charge in [0.25, 0.3) is 0 Å². The Morgan fingerprint density at radius 1 is 0.667 bits per heavy atom. The molecule has 6 heteroatoms. The second-order valence-corrected chi connectivity index (χ2v) is 36.8. The van der Waals surface area contributed by atoms with Crippen molar-refractivity contribution in [2.24, 2.45) is 0 Å². The molecule has 0 nitrogen and oxygen atoms in total. The van der Waals surface area contributed by atoms with E-state index < -0.39 is 19.1 Å². The van der Waals surface area contributed by atoms with Crippen molar-refractivity contribution in [1.29, 1.82) is 0 Å². The maximum atomic E-state index is 4.04. The summed E-state index contributed by atoms with van der Waals surface area (Å²) in [6.07, 6.45) is -4.10. The summed E-state index contributed by atoms with van der Waals surface area (Å²) in [4.78, 5) is 0. The first-order valence-corrected chi connectivity index (χ1v) is 19.3. The van der Waals surface area contributed by atoms with Crippen molar-refractivity contribution < 1.29 is 0 Å². The molecule has 1 rings (SSSR count). The molecular weight excluding hydrogens is 289 g/mol. The van der Waals surface area contributed by atoms with Gasteiger partial charge in [0.05, 0.1) is 0 Å². The number of hydrogen-bond acceptors (Lipinski definition) is 3. The van der Waals surface area contributed by atoms with Crippen molar-refractivity contribution in [3.63, 3.8) is 0 Å². The lowest BCUT2D eigenvalue weighted by Crippen LogP contribution is -2.46. The van der Waals surface area contributed by atoms with Crippen LogP contribution in [0.2, 0.25) is 19.6 Å². The number of rotatable bonds is 3. The van der Waals surface area contributed by atoms with Crippen LogP contribution in [0.4, 0.5) is 0 Å². The molecule has 1 aliphatic rings. The highest BCUT2D eigenvalue weighted by atomic mass is 32.9. The highest BCUT2D eigenvalue weighted by molar-refractivity contribution is 8.98. The van der Waals surface area contributed by atoms with Gasteiger partial charge in [-0.2, -0.15) is 32.0 Å². The van der Waals surface area contributed by atoms with Crippen LogP contribution >= 0.6 is 32.0 Å². The molecule has 1 heterocycles. The molecule has 15 heavy (non-hydrogen) atoms. The van der Waals surface area contributed by atoms with Crippen LogP contribution in [0, 0.1) is 0 Å². The average molecular weight is 307 g/mol. The van der Waals surface area contributed by atoms with Crippen molar-refractivity contribution in [2.45, 2.75) is 19.6 Å². The van der Waals surface area contributed by atoms with Crippen molar-refractivity contribution in [2.75, 3.05) is 0 Å². The lowest BCUT2D eigenvalue weighted by atomic mass is 11.3. The zero-order valence-corrected chi connectivity index (χ0v) is 15.0. The van der Waals surface area contributed by atoms with Crippen LogP contribution in [0.1, 0.15) is 0 Å². The summed E-state index contributed by atoms with van der Waals surface area (Å²) in [5, 5.41) is 0. The van der Waals surface area contributed by atoms with Gasteiger partial charge in [0, 0.05) is 0 Å². The SMILES string of the molecule is C=C[Si]1(C)S[Si](C)(C=C)S[Si](C)(C=C)S1. The van der Waals surface area contributed by atoms with Gasteiger partial charge in [-0.1, -0.05) is 17.1 Å². The Morgan fingerprint density at radius 3 is 1.00 bits per heavy atom. The third-order valence-electron chi connectivity index (χ3n) is 2.33. The fraction of sp³-hybridized carbons (Fsp3) is 0.333. The van der Waals surface area contributed by atoms with Gasteiger partial charge in [0.15, 0.2) is 19.1 Å². The largest absolute Gasteiger partial charge is 0.187 e. The van der Waals surface area contributed by atoms with Gasteiger partial charge in [0.1, 0.15) is 0 Å². The topological polar surface area (TPSA) is 0 Å². The predicted octanol–water partition coefficient (Wildman–Crippen LogP) is 4.59. The first kappa shape index (κ1) is 14.0. The van der Waals surface area contributed by atoms with Crippen LogP contribution in [-0.2, 0) is 0 Å². The first-order chi connectivity index (χ1) is 6.80. The van der Waals surface area contributed by atoms with Crippen molar-refractivity contribution >= 4 is 51.1 Å².